The smallest absolute Gasteiger partial charge is 0.269 e. The molecular formula is C20H22N4O4S. The highest BCUT2D eigenvalue weighted by Crippen LogP contribution is 2.15. The van der Waals surface area contributed by atoms with E-state index < -0.39 is 22.8 Å². The zero-order chi connectivity index (χ0) is 21.2. The lowest BCUT2D eigenvalue weighted by molar-refractivity contribution is -0.384. The minimum atomic E-state index is -0.811. The normalized spacial score (nSPS) is 11.2. The fraction of sp³-hybridized carbons (Fsp3) is 0.250. The van der Waals surface area contributed by atoms with Crippen molar-refractivity contribution in [1.29, 1.82) is 0 Å². The van der Waals surface area contributed by atoms with E-state index >= 15 is 0 Å². The van der Waals surface area contributed by atoms with Crippen LogP contribution in [0.3, 0.4) is 0 Å². The number of hydrogen-bond acceptors (Lipinski definition) is 6. The molecule has 9 heteroatoms. The van der Waals surface area contributed by atoms with Crippen LogP contribution in [0.25, 0.3) is 0 Å². The predicted octanol–water partition coefficient (Wildman–Crippen LogP) is 3.14. The third-order valence-corrected chi connectivity index (χ3v) is 4.85. The topological polar surface area (TPSA) is 114 Å². The van der Waals surface area contributed by atoms with Crippen molar-refractivity contribution in [2.24, 2.45) is 5.10 Å². The molecule has 0 spiro atoms. The van der Waals surface area contributed by atoms with E-state index in [0.29, 0.717) is 17.2 Å². The molecule has 8 nitrogen and oxygen atoms in total. The van der Waals surface area contributed by atoms with Crippen LogP contribution in [-0.2, 0) is 10.5 Å². The Balaban J connectivity index is 2.04. The lowest BCUT2D eigenvalue weighted by Crippen LogP contribution is -2.47. The fourth-order valence-electron chi connectivity index (χ4n) is 2.27. The largest absolute Gasteiger partial charge is 0.339 e. The lowest BCUT2D eigenvalue weighted by Gasteiger charge is -2.17. The average molecular weight is 414 g/mol. The summed E-state index contributed by atoms with van der Waals surface area (Å²) >= 11 is 1.51. The Kier molecular flexibility index (Phi) is 8.35. The molecule has 0 aliphatic heterocycles. The second-order valence-electron chi connectivity index (χ2n) is 6.37. The van der Waals surface area contributed by atoms with Gasteiger partial charge in [0.05, 0.1) is 4.92 Å². The number of benzene rings is 2. The van der Waals surface area contributed by atoms with Crippen LogP contribution >= 0.6 is 11.8 Å². The highest BCUT2D eigenvalue weighted by Gasteiger charge is 2.22. The number of nitro groups is 1. The summed E-state index contributed by atoms with van der Waals surface area (Å²) in [7, 11) is 0. The van der Waals surface area contributed by atoms with E-state index in [4.69, 9.17) is 0 Å². The summed E-state index contributed by atoms with van der Waals surface area (Å²) in [5.74, 6) is 0.117. The summed E-state index contributed by atoms with van der Waals surface area (Å²) in [4.78, 5) is 35.2. The molecule has 0 heterocycles. The minimum absolute atomic E-state index is 0.109. The third-order valence-electron chi connectivity index (χ3n) is 3.75. The van der Waals surface area contributed by atoms with Gasteiger partial charge in [-0.2, -0.15) is 16.9 Å². The summed E-state index contributed by atoms with van der Waals surface area (Å²) in [5.41, 5.74) is 4.36. The molecule has 0 fully saturated rings. The van der Waals surface area contributed by atoms with Crippen LogP contribution in [0, 0.1) is 10.1 Å². The first-order chi connectivity index (χ1) is 13.9. The number of hydrogen-bond donors (Lipinski definition) is 2. The fourth-order valence-corrected chi connectivity index (χ4v) is 3.29. The highest BCUT2D eigenvalue weighted by molar-refractivity contribution is 7.98. The number of thioether (sulfide) groups is 1. The molecule has 0 saturated carbocycles. The number of rotatable bonds is 9. The van der Waals surface area contributed by atoms with Crippen molar-refractivity contribution in [2.45, 2.75) is 25.6 Å². The molecule has 0 aromatic heterocycles. The molecule has 0 saturated heterocycles. The quantitative estimate of drug-likeness (QED) is 0.372. The van der Waals surface area contributed by atoms with Crippen molar-refractivity contribution in [3.05, 3.63) is 75.8 Å². The molecule has 1 atom stereocenters. The zero-order valence-corrected chi connectivity index (χ0v) is 16.9. The molecule has 2 aromatic carbocycles. The molecule has 2 aromatic rings. The van der Waals surface area contributed by atoms with Crippen molar-refractivity contribution in [2.75, 3.05) is 5.75 Å². The molecule has 2 N–H and O–H groups in total. The van der Waals surface area contributed by atoms with Gasteiger partial charge in [0.1, 0.15) is 6.04 Å². The molecule has 0 aliphatic rings. The highest BCUT2D eigenvalue weighted by atomic mass is 32.2. The molecule has 0 bridgehead atoms. The van der Waals surface area contributed by atoms with Gasteiger partial charge in [0.25, 0.3) is 17.5 Å². The van der Waals surface area contributed by atoms with Crippen molar-refractivity contribution >= 4 is 35.0 Å². The number of carbonyl (C=O) groups is 2. The number of carbonyl (C=O) groups excluding carboxylic acids is 2. The second kappa shape index (κ2) is 11.0. The van der Waals surface area contributed by atoms with Crippen LogP contribution < -0.4 is 10.7 Å². The summed E-state index contributed by atoms with van der Waals surface area (Å²) in [5, 5.41) is 17.3. The van der Waals surface area contributed by atoms with Crippen LogP contribution in [0.4, 0.5) is 5.69 Å². The van der Waals surface area contributed by atoms with E-state index in [1.807, 2.05) is 30.3 Å². The van der Waals surface area contributed by atoms with Gasteiger partial charge in [-0.1, -0.05) is 30.3 Å². The van der Waals surface area contributed by atoms with Crippen LogP contribution in [-0.4, -0.2) is 34.2 Å². The SMILES string of the molecule is CC(C)=NNC(=O)[C@@H](CSCc1ccccc1)NC(=O)c1ccc([N+](=O)[O-])cc1. The third kappa shape index (κ3) is 7.38. The standard InChI is InChI=1S/C20H22N4O4S/c1-14(2)22-23-20(26)18(13-29-12-15-6-4-3-5-7-15)21-19(25)16-8-10-17(11-9-16)24(27)28/h3-11,18H,12-13H2,1-2H3,(H,21,25)(H,23,26)/t18-/m1/s1. The van der Waals surface area contributed by atoms with E-state index in [-0.39, 0.29) is 11.3 Å². The van der Waals surface area contributed by atoms with Crippen LogP contribution in [0.5, 0.6) is 0 Å². The van der Waals surface area contributed by atoms with Crippen molar-refractivity contribution in [3.63, 3.8) is 0 Å². The second-order valence-corrected chi connectivity index (χ2v) is 7.40. The predicted molar refractivity (Wildman–Crippen MR) is 114 cm³/mol. The van der Waals surface area contributed by atoms with Gasteiger partial charge >= 0.3 is 0 Å². The van der Waals surface area contributed by atoms with Gasteiger partial charge in [0.15, 0.2) is 0 Å². The van der Waals surface area contributed by atoms with Crippen molar-refractivity contribution < 1.29 is 14.5 Å². The Bertz CT molecular complexity index is 881. The number of nitro benzene ring substituents is 1. The monoisotopic (exact) mass is 414 g/mol. The lowest BCUT2D eigenvalue weighted by atomic mass is 10.2. The number of nitrogens with zero attached hydrogens (tertiary/aromatic N) is 2. The molecule has 0 radical (unpaired) electrons. The molecule has 152 valence electrons. The van der Waals surface area contributed by atoms with Gasteiger partial charge in [-0.05, 0) is 31.5 Å². The molecule has 0 unspecified atom stereocenters. The maximum Gasteiger partial charge on any atom is 0.269 e. The van der Waals surface area contributed by atoms with E-state index in [0.717, 1.165) is 5.56 Å². The van der Waals surface area contributed by atoms with Crippen molar-refractivity contribution in [3.8, 4) is 0 Å². The van der Waals surface area contributed by atoms with Crippen LogP contribution in [0.1, 0.15) is 29.8 Å². The van der Waals surface area contributed by atoms with Gasteiger partial charge in [-0.15, -0.1) is 0 Å². The van der Waals surface area contributed by atoms with E-state index in [2.05, 4.69) is 15.8 Å². The van der Waals surface area contributed by atoms with Gasteiger partial charge in [-0.3, -0.25) is 19.7 Å². The maximum absolute atomic E-state index is 12.5. The summed E-state index contributed by atoms with van der Waals surface area (Å²) in [6.45, 7) is 3.49. The first-order valence-electron chi connectivity index (χ1n) is 8.84. The first-order valence-corrected chi connectivity index (χ1v) is 10.00. The Morgan fingerprint density at radius 2 is 1.76 bits per heavy atom. The van der Waals surface area contributed by atoms with Crippen LogP contribution in [0.15, 0.2) is 59.7 Å². The molecule has 0 aliphatic carbocycles. The molecule has 2 rings (SSSR count). The number of non-ortho nitro benzene ring substituents is 1. The van der Waals surface area contributed by atoms with E-state index in [1.165, 1.54) is 36.0 Å². The molecule has 29 heavy (non-hydrogen) atoms. The Hall–Kier alpha value is -3.20. The van der Waals surface area contributed by atoms with E-state index in [9.17, 15) is 19.7 Å². The molecule has 2 amide bonds. The minimum Gasteiger partial charge on any atom is -0.339 e. The number of nitrogens with one attached hydrogen (secondary N) is 2. The van der Waals surface area contributed by atoms with Gasteiger partial charge in [0.2, 0.25) is 0 Å². The zero-order valence-electron chi connectivity index (χ0n) is 16.1. The Morgan fingerprint density at radius 1 is 1.10 bits per heavy atom. The summed E-state index contributed by atoms with van der Waals surface area (Å²) in [6.07, 6.45) is 0. The van der Waals surface area contributed by atoms with Gasteiger partial charge in [0, 0.05) is 34.9 Å². The van der Waals surface area contributed by atoms with Crippen LogP contribution in [0.2, 0.25) is 0 Å². The first kappa shape index (κ1) is 22.1. The van der Waals surface area contributed by atoms with Crippen molar-refractivity contribution in [1.82, 2.24) is 10.7 Å². The van der Waals surface area contributed by atoms with Gasteiger partial charge < -0.3 is 5.32 Å². The Morgan fingerprint density at radius 3 is 2.34 bits per heavy atom. The summed E-state index contributed by atoms with van der Waals surface area (Å²) in [6, 6.07) is 14.2. The maximum atomic E-state index is 12.5. The number of hydrazone groups is 1. The Labute approximate surface area is 172 Å². The number of amides is 2. The van der Waals surface area contributed by atoms with Gasteiger partial charge in [-0.25, -0.2) is 5.43 Å². The summed E-state index contributed by atoms with van der Waals surface area (Å²) < 4.78 is 0. The average Bonchev–Trinajstić information content (AvgIpc) is 2.72. The molecular weight excluding hydrogens is 392 g/mol. The van der Waals surface area contributed by atoms with E-state index in [1.54, 1.807) is 13.8 Å².